The van der Waals surface area contributed by atoms with Crippen molar-refractivity contribution in [1.29, 1.82) is 5.26 Å². The van der Waals surface area contributed by atoms with E-state index in [-0.39, 0.29) is 12.3 Å². The van der Waals surface area contributed by atoms with E-state index in [0.717, 1.165) is 0 Å². The average Bonchev–Trinajstić information content (AvgIpc) is 2.38. The Morgan fingerprint density at radius 1 is 1.42 bits per heavy atom. The van der Waals surface area contributed by atoms with Gasteiger partial charge in [0.05, 0.1) is 24.7 Å². The molecule has 5 nitrogen and oxygen atoms in total. The highest BCUT2D eigenvalue weighted by Gasteiger charge is 2.22. The van der Waals surface area contributed by atoms with Crippen LogP contribution >= 0.6 is 0 Å². The zero-order valence-corrected chi connectivity index (χ0v) is 11.6. The molecular formula is C14H18N2O3. The second-order valence-electron chi connectivity index (χ2n) is 4.68. The highest BCUT2D eigenvalue weighted by molar-refractivity contribution is 5.94. The molecule has 0 unspecified atom stereocenters. The molecule has 102 valence electrons. The largest absolute Gasteiger partial charge is 0.495 e. The van der Waals surface area contributed by atoms with Crippen molar-refractivity contribution < 1.29 is 14.3 Å². The van der Waals surface area contributed by atoms with E-state index in [1.54, 1.807) is 25.3 Å². The second kappa shape index (κ2) is 6.21. The SMILES string of the molecule is COc1cccc(C#N)c1NC(=O)CC(C)(C)OC. The predicted octanol–water partition coefficient (Wildman–Crippen LogP) is 2.32. The molecule has 0 aliphatic rings. The molecular weight excluding hydrogens is 244 g/mol. The van der Waals surface area contributed by atoms with E-state index >= 15 is 0 Å². The first-order valence-electron chi connectivity index (χ1n) is 5.85. The minimum atomic E-state index is -0.557. The smallest absolute Gasteiger partial charge is 0.227 e. The Hall–Kier alpha value is -2.06. The fourth-order valence-electron chi connectivity index (χ4n) is 1.57. The summed E-state index contributed by atoms with van der Waals surface area (Å²) < 4.78 is 10.4. The van der Waals surface area contributed by atoms with Gasteiger partial charge in [-0.3, -0.25) is 4.79 Å². The first kappa shape index (κ1) is 15.0. The molecule has 1 N–H and O–H groups in total. The van der Waals surface area contributed by atoms with Gasteiger partial charge in [-0.25, -0.2) is 0 Å². The molecule has 0 fully saturated rings. The summed E-state index contributed by atoms with van der Waals surface area (Å²) in [5, 5.41) is 11.8. The number of nitriles is 1. The standard InChI is InChI=1S/C14H18N2O3/c1-14(2,19-4)8-12(17)16-13-10(9-15)6-5-7-11(13)18-3/h5-7H,8H2,1-4H3,(H,16,17). The minimum absolute atomic E-state index is 0.187. The maximum atomic E-state index is 12.0. The number of nitrogens with one attached hydrogen (secondary N) is 1. The van der Waals surface area contributed by atoms with Crippen molar-refractivity contribution in [2.75, 3.05) is 19.5 Å². The van der Waals surface area contributed by atoms with Crippen LogP contribution in [-0.2, 0) is 9.53 Å². The Morgan fingerprint density at radius 2 is 2.11 bits per heavy atom. The van der Waals surface area contributed by atoms with Crippen molar-refractivity contribution >= 4 is 11.6 Å². The molecule has 1 aromatic carbocycles. The van der Waals surface area contributed by atoms with Crippen molar-refractivity contribution in [2.24, 2.45) is 0 Å². The molecule has 0 bridgehead atoms. The van der Waals surface area contributed by atoms with Gasteiger partial charge in [0, 0.05) is 7.11 Å². The molecule has 5 heteroatoms. The zero-order valence-electron chi connectivity index (χ0n) is 11.6. The van der Waals surface area contributed by atoms with Crippen molar-refractivity contribution in [3.05, 3.63) is 23.8 Å². The van der Waals surface area contributed by atoms with Crippen LogP contribution in [0.15, 0.2) is 18.2 Å². The third-order valence-electron chi connectivity index (χ3n) is 2.77. The van der Waals surface area contributed by atoms with Gasteiger partial charge in [0.25, 0.3) is 0 Å². The van der Waals surface area contributed by atoms with Crippen molar-refractivity contribution in [3.8, 4) is 11.8 Å². The summed E-state index contributed by atoms with van der Waals surface area (Å²) >= 11 is 0. The number of benzene rings is 1. The number of carbonyl (C=O) groups excluding carboxylic acids is 1. The number of amides is 1. The maximum Gasteiger partial charge on any atom is 0.227 e. The first-order chi connectivity index (χ1) is 8.93. The topological polar surface area (TPSA) is 71.3 Å². The van der Waals surface area contributed by atoms with Crippen LogP contribution in [-0.4, -0.2) is 25.7 Å². The summed E-state index contributed by atoms with van der Waals surface area (Å²) in [7, 11) is 3.04. The van der Waals surface area contributed by atoms with Gasteiger partial charge < -0.3 is 14.8 Å². The average molecular weight is 262 g/mol. The number of para-hydroxylation sites is 1. The summed E-state index contributed by atoms with van der Waals surface area (Å²) in [5.41, 5.74) is 0.200. The quantitative estimate of drug-likeness (QED) is 0.884. The molecule has 0 aliphatic carbocycles. The molecule has 0 aromatic heterocycles. The summed E-state index contributed by atoms with van der Waals surface area (Å²) in [4.78, 5) is 12.0. The van der Waals surface area contributed by atoms with Crippen LogP contribution in [0, 0.1) is 11.3 Å². The highest BCUT2D eigenvalue weighted by atomic mass is 16.5. The number of hydrogen-bond acceptors (Lipinski definition) is 4. The fraction of sp³-hybridized carbons (Fsp3) is 0.429. The molecule has 19 heavy (non-hydrogen) atoms. The number of methoxy groups -OCH3 is 2. The monoisotopic (exact) mass is 262 g/mol. The molecule has 0 saturated carbocycles. The Morgan fingerprint density at radius 3 is 2.63 bits per heavy atom. The van der Waals surface area contributed by atoms with E-state index in [1.807, 2.05) is 19.9 Å². The summed E-state index contributed by atoms with van der Waals surface area (Å²) in [6.07, 6.45) is 0.187. The third-order valence-corrected chi connectivity index (χ3v) is 2.77. The van der Waals surface area contributed by atoms with Gasteiger partial charge in [-0.15, -0.1) is 0 Å². The maximum absolute atomic E-state index is 12.0. The van der Waals surface area contributed by atoms with Crippen LogP contribution < -0.4 is 10.1 Å². The van der Waals surface area contributed by atoms with E-state index in [2.05, 4.69) is 5.32 Å². The minimum Gasteiger partial charge on any atom is -0.495 e. The van der Waals surface area contributed by atoms with Gasteiger partial charge in [-0.05, 0) is 26.0 Å². The van der Waals surface area contributed by atoms with Gasteiger partial charge in [-0.2, -0.15) is 5.26 Å². The van der Waals surface area contributed by atoms with Crippen LogP contribution in [0.25, 0.3) is 0 Å². The predicted molar refractivity (Wildman–Crippen MR) is 72.0 cm³/mol. The van der Waals surface area contributed by atoms with E-state index in [1.165, 1.54) is 7.11 Å². The molecule has 0 spiro atoms. The Bertz CT molecular complexity index is 504. The summed E-state index contributed by atoms with van der Waals surface area (Å²) in [5.74, 6) is 0.232. The second-order valence-corrected chi connectivity index (χ2v) is 4.68. The Balaban J connectivity index is 2.94. The lowest BCUT2D eigenvalue weighted by molar-refractivity contribution is -0.121. The summed E-state index contributed by atoms with van der Waals surface area (Å²) in [6.45, 7) is 3.64. The van der Waals surface area contributed by atoms with Crippen LogP contribution in [0.4, 0.5) is 5.69 Å². The first-order valence-corrected chi connectivity index (χ1v) is 5.85. The number of nitrogens with zero attached hydrogens (tertiary/aromatic N) is 1. The number of rotatable bonds is 5. The van der Waals surface area contributed by atoms with E-state index in [4.69, 9.17) is 14.7 Å². The van der Waals surface area contributed by atoms with Crippen molar-refractivity contribution in [1.82, 2.24) is 0 Å². The molecule has 0 atom stereocenters. The van der Waals surface area contributed by atoms with Crippen LogP contribution in [0.5, 0.6) is 5.75 Å². The zero-order chi connectivity index (χ0) is 14.5. The summed E-state index contributed by atoms with van der Waals surface area (Å²) in [6, 6.07) is 7.04. The molecule has 0 heterocycles. The molecule has 0 aliphatic heterocycles. The number of carbonyl (C=O) groups is 1. The lowest BCUT2D eigenvalue weighted by atomic mass is 10.0. The lowest BCUT2D eigenvalue weighted by Crippen LogP contribution is -2.29. The Kier molecular flexibility index (Phi) is 4.90. The molecule has 1 rings (SSSR count). The van der Waals surface area contributed by atoms with E-state index < -0.39 is 5.60 Å². The van der Waals surface area contributed by atoms with Crippen LogP contribution in [0.3, 0.4) is 0 Å². The number of ether oxygens (including phenoxy) is 2. The van der Waals surface area contributed by atoms with Gasteiger partial charge in [0.2, 0.25) is 5.91 Å². The van der Waals surface area contributed by atoms with Gasteiger partial charge >= 0.3 is 0 Å². The third kappa shape index (κ3) is 3.97. The van der Waals surface area contributed by atoms with Crippen LogP contribution in [0.2, 0.25) is 0 Å². The molecule has 1 amide bonds. The van der Waals surface area contributed by atoms with Gasteiger partial charge in [-0.1, -0.05) is 6.07 Å². The van der Waals surface area contributed by atoms with Gasteiger partial charge in [0.1, 0.15) is 17.5 Å². The van der Waals surface area contributed by atoms with Crippen molar-refractivity contribution in [2.45, 2.75) is 25.9 Å². The fourth-order valence-corrected chi connectivity index (χ4v) is 1.57. The molecule has 1 aromatic rings. The highest BCUT2D eigenvalue weighted by Crippen LogP contribution is 2.28. The normalized spacial score (nSPS) is 10.7. The lowest BCUT2D eigenvalue weighted by Gasteiger charge is -2.22. The molecule has 0 radical (unpaired) electrons. The van der Waals surface area contributed by atoms with E-state index in [9.17, 15) is 4.79 Å². The van der Waals surface area contributed by atoms with E-state index in [0.29, 0.717) is 17.0 Å². The Labute approximate surface area is 113 Å². The van der Waals surface area contributed by atoms with Gasteiger partial charge in [0.15, 0.2) is 0 Å². The number of anilines is 1. The molecule has 0 saturated heterocycles. The van der Waals surface area contributed by atoms with Crippen molar-refractivity contribution in [3.63, 3.8) is 0 Å². The number of hydrogen-bond donors (Lipinski definition) is 1. The van der Waals surface area contributed by atoms with Crippen LogP contribution in [0.1, 0.15) is 25.8 Å².